The molecule has 3 rings (SSSR count). The van der Waals surface area contributed by atoms with Gasteiger partial charge in [0.05, 0.1) is 25.5 Å². The average Bonchev–Trinajstić information content (AvgIpc) is 3.22. The van der Waals surface area contributed by atoms with Gasteiger partial charge >= 0.3 is 0 Å². The topological polar surface area (TPSA) is 67.9 Å². The van der Waals surface area contributed by atoms with Gasteiger partial charge in [-0.2, -0.15) is 0 Å². The molecule has 6 heteroatoms. The SMILES string of the molecule is COc1cc(NC(=O)CC2CCCCC2)c(C(=O)N2CCCC2)cc1OC. The first-order valence-corrected chi connectivity index (χ1v) is 9.97. The molecule has 1 saturated carbocycles. The van der Waals surface area contributed by atoms with E-state index in [4.69, 9.17) is 9.47 Å². The molecule has 0 radical (unpaired) electrons. The number of ether oxygens (including phenoxy) is 2. The Labute approximate surface area is 161 Å². The Hall–Kier alpha value is -2.24. The van der Waals surface area contributed by atoms with E-state index in [1.54, 1.807) is 26.4 Å². The molecule has 1 aromatic carbocycles. The molecule has 2 aliphatic rings. The average molecular weight is 374 g/mol. The van der Waals surface area contributed by atoms with Crippen molar-refractivity contribution >= 4 is 17.5 Å². The lowest BCUT2D eigenvalue weighted by Gasteiger charge is -2.22. The van der Waals surface area contributed by atoms with Crippen LogP contribution in [0.15, 0.2) is 12.1 Å². The maximum Gasteiger partial charge on any atom is 0.256 e. The van der Waals surface area contributed by atoms with E-state index in [9.17, 15) is 9.59 Å². The van der Waals surface area contributed by atoms with Crippen molar-refractivity contribution in [3.8, 4) is 11.5 Å². The number of methoxy groups -OCH3 is 2. The smallest absolute Gasteiger partial charge is 0.256 e. The number of amides is 2. The number of carbonyl (C=O) groups excluding carboxylic acids is 2. The van der Waals surface area contributed by atoms with Crippen molar-refractivity contribution in [2.75, 3.05) is 32.6 Å². The maximum absolute atomic E-state index is 13.0. The van der Waals surface area contributed by atoms with Crippen LogP contribution in [-0.4, -0.2) is 44.0 Å². The molecule has 6 nitrogen and oxygen atoms in total. The van der Waals surface area contributed by atoms with Gasteiger partial charge in [-0.15, -0.1) is 0 Å². The number of nitrogens with zero attached hydrogens (tertiary/aromatic N) is 1. The van der Waals surface area contributed by atoms with Gasteiger partial charge in [0.1, 0.15) is 0 Å². The molecule has 148 valence electrons. The summed E-state index contributed by atoms with van der Waals surface area (Å²) in [5.41, 5.74) is 0.969. The van der Waals surface area contributed by atoms with Crippen LogP contribution in [0.2, 0.25) is 0 Å². The lowest BCUT2D eigenvalue weighted by atomic mass is 9.87. The second-order valence-corrected chi connectivity index (χ2v) is 7.51. The van der Waals surface area contributed by atoms with Crippen molar-refractivity contribution in [1.29, 1.82) is 0 Å². The standard InChI is InChI=1S/C21H30N2O4/c1-26-18-13-16(21(25)23-10-6-7-11-23)17(14-19(18)27-2)22-20(24)12-15-8-4-3-5-9-15/h13-15H,3-12H2,1-2H3,(H,22,24). The molecule has 0 atom stereocenters. The maximum atomic E-state index is 13.0. The minimum absolute atomic E-state index is 0.0374. The van der Waals surface area contributed by atoms with Gasteiger partial charge in [0, 0.05) is 25.6 Å². The zero-order chi connectivity index (χ0) is 19.2. The summed E-state index contributed by atoms with van der Waals surface area (Å²) >= 11 is 0. The fraction of sp³-hybridized carbons (Fsp3) is 0.619. The Morgan fingerprint density at radius 2 is 1.63 bits per heavy atom. The Kier molecular flexibility index (Phi) is 6.58. The molecule has 27 heavy (non-hydrogen) atoms. The monoisotopic (exact) mass is 374 g/mol. The van der Waals surface area contributed by atoms with E-state index in [2.05, 4.69) is 5.32 Å². The van der Waals surface area contributed by atoms with Gasteiger partial charge in [-0.05, 0) is 37.7 Å². The summed E-state index contributed by atoms with van der Waals surface area (Å²) in [6, 6.07) is 3.37. The van der Waals surface area contributed by atoms with Crippen LogP contribution in [0.1, 0.15) is 61.7 Å². The molecule has 0 aromatic heterocycles. The van der Waals surface area contributed by atoms with Gasteiger partial charge in [0.25, 0.3) is 5.91 Å². The highest BCUT2D eigenvalue weighted by atomic mass is 16.5. The first-order chi connectivity index (χ1) is 13.1. The lowest BCUT2D eigenvalue weighted by molar-refractivity contribution is -0.117. The van der Waals surface area contributed by atoms with E-state index in [0.717, 1.165) is 38.8 Å². The Morgan fingerprint density at radius 3 is 2.26 bits per heavy atom. The minimum Gasteiger partial charge on any atom is -0.493 e. The van der Waals surface area contributed by atoms with E-state index in [1.807, 2.05) is 4.90 Å². The Morgan fingerprint density at radius 1 is 1.00 bits per heavy atom. The Balaban J connectivity index is 1.82. The van der Waals surface area contributed by atoms with Crippen molar-refractivity contribution in [3.63, 3.8) is 0 Å². The van der Waals surface area contributed by atoms with Crippen LogP contribution in [0.3, 0.4) is 0 Å². The number of carbonyl (C=O) groups is 2. The van der Waals surface area contributed by atoms with Crippen molar-refractivity contribution in [2.24, 2.45) is 5.92 Å². The molecule has 0 unspecified atom stereocenters. The summed E-state index contributed by atoms with van der Waals surface area (Å²) in [5.74, 6) is 1.33. The van der Waals surface area contributed by atoms with Crippen LogP contribution in [-0.2, 0) is 4.79 Å². The summed E-state index contributed by atoms with van der Waals surface area (Å²) in [7, 11) is 3.09. The Bertz CT molecular complexity index is 677. The second-order valence-electron chi connectivity index (χ2n) is 7.51. The number of hydrogen-bond donors (Lipinski definition) is 1. The van der Waals surface area contributed by atoms with E-state index in [0.29, 0.717) is 35.1 Å². The predicted octanol–water partition coefficient (Wildman–Crippen LogP) is 3.85. The normalized spacial score (nSPS) is 17.6. The molecule has 2 fully saturated rings. The number of nitrogens with one attached hydrogen (secondary N) is 1. The molecule has 0 spiro atoms. The molecule has 0 bridgehead atoms. The quantitative estimate of drug-likeness (QED) is 0.821. The third-order valence-electron chi connectivity index (χ3n) is 5.62. The first kappa shape index (κ1) is 19.5. The highest BCUT2D eigenvalue weighted by Gasteiger charge is 2.25. The fourth-order valence-corrected chi connectivity index (χ4v) is 4.10. The number of likely N-dealkylation sites (tertiary alicyclic amines) is 1. The summed E-state index contributed by atoms with van der Waals surface area (Å²) in [5, 5.41) is 2.97. The van der Waals surface area contributed by atoms with Crippen LogP contribution in [0, 0.1) is 5.92 Å². The minimum atomic E-state index is -0.0681. The number of rotatable bonds is 6. The fourth-order valence-electron chi connectivity index (χ4n) is 4.10. The zero-order valence-electron chi connectivity index (χ0n) is 16.4. The van der Waals surface area contributed by atoms with Gasteiger partial charge in [-0.25, -0.2) is 0 Å². The summed E-state index contributed by atoms with van der Waals surface area (Å²) < 4.78 is 10.7. The molecule has 1 saturated heterocycles. The van der Waals surface area contributed by atoms with Crippen molar-refractivity contribution in [3.05, 3.63) is 17.7 Å². The summed E-state index contributed by atoms with van der Waals surface area (Å²) in [6.07, 6.45) is 8.43. The van der Waals surface area contributed by atoms with Crippen molar-refractivity contribution in [2.45, 2.75) is 51.4 Å². The molecular weight excluding hydrogens is 344 g/mol. The van der Waals surface area contributed by atoms with Crippen LogP contribution in [0.25, 0.3) is 0 Å². The van der Waals surface area contributed by atoms with Crippen molar-refractivity contribution in [1.82, 2.24) is 4.90 Å². The molecule has 1 aliphatic carbocycles. The molecule has 1 N–H and O–H groups in total. The first-order valence-electron chi connectivity index (χ1n) is 9.97. The highest BCUT2D eigenvalue weighted by Crippen LogP contribution is 2.35. The van der Waals surface area contributed by atoms with E-state index >= 15 is 0 Å². The largest absolute Gasteiger partial charge is 0.493 e. The molecule has 1 heterocycles. The van der Waals surface area contributed by atoms with Crippen LogP contribution in [0.5, 0.6) is 11.5 Å². The summed E-state index contributed by atoms with van der Waals surface area (Å²) in [6.45, 7) is 1.51. The number of benzene rings is 1. The zero-order valence-corrected chi connectivity index (χ0v) is 16.4. The highest BCUT2D eigenvalue weighted by molar-refractivity contribution is 6.04. The van der Waals surface area contributed by atoms with E-state index in [-0.39, 0.29) is 11.8 Å². The second kappa shape index (κ2) is 9.11. The van der Waals surface area contributed by atoms with Gasteiger partial charge in [0.2, 0.25) is 5.91 Å². The molecular formula is C21H30N2O4. The van der Waals surface area contributed by atoms with Gasteiger partial charge in [-0.3, -0.25) is 9.59 Å². The van der Waals surface area contributed by atoms with E-state index in [1.165, 1.54) is 19.3 Å². The van der Waals surface area contributed by atoms with Crippen molar-refractivity contribution < 1.29 is 19.1 Å². The van der Waals surface area contributed by atoms with Gasteiger partial charge in [-0.1, -0.05) is 19.3 Å². The van der Waals surface area contributed by atoms with Crippen LogP contribution < -0.4 is 14.8 Å². The predicted molar refractivity (Wildman–Crippen MR) is 105 cm³/mol. The van der Waals surface area contributed by atoms with Crippen LogP contribution >= 0.6 is 0 Å². The van der Waals surface area contributed by atoms with Gasteiger partial charge < -0.3 is 19.7 Å². The molecule has 1 aromatic rings. The van der Waals surface area contributed by atoms with Crippen LogP contribution in [0.4, 0.5) is 5.69 Å². The van der Waals surface area contributed by atoms with Gasteiger partial charge in [0.15, 0.2) is 11.5 Å². The molecule has 1 aliphatic heterocycles. The lowest BCUT2D eigenvalue weighted by Crippen LogP contribution is -2.29. The molecule has 2 amide bonds. The summed E-state index contributed by atoms with van der Waals surface area (Å²) in [4.78, 5) is 27.4. The van der Waals surface area contributed by atoms with E-state index < -0.39 is 0 Å². The number of anilines is 1. The third-order valence-corrected chi connectivity index (χ3v) is 5.62. The third kappa shape index (κ3) is 4.73. The number of hydrogen-bond acceptors (Lipinski definition) is 4.